The van der Waals surface area contributed by atoms with Crippen LogP contribution in [0.5, 0.6) is 0 Å². The second kappa shape index (κ2) is 9.52. The molecule has 0 aliphatic carbocycles. The maximum Gasteiger partial charge on any atom is 0.194 e. The number of carbonyl (C=O) groups excluding carboxylic acids is 1. The van der Waals surface area contributed by atoms with Gasteiger partial charge < -0.3 is 4.48 Å². The van der Waals surface area contributed by atoms with E-state index in [1.807, 2.05) is 0 Å². The van der Waals surface area contributed by atoms with Crippen LogP contribution in [0.2, 0.25) is 0 Å². The molecular weight excluding hydrogens is 306 g/mol. The number of Topliss-reactive ketones (excluding diaryl/α,β-unsaturated/α-hetero) is 1. The van der Waals surface area contributed by atoms with Gasteiger partial charge in [-0.05, 0) is 56.2 Å². The molecule has 1 heterocycles. The highest BCUT2D eigenvalue weighted by Gasteiger charge is 2.41. The number of hydrogen-bond acceptors (Lipinski definition) is 1. The standard InChI is InChI=1S/C23H38NO/c1-5-7-15-24(16-9-8-10-17-24)22(12-6-2)23(25)18-21-19(3)13-11-14-20(21)4/h11,13-14,22H,5-10,12,15-18H2,1-4H3/q+1/t22-/m1/s1. The van der Waals surface area contributed by atoms with E-state index in [2.05, 4.69) is 45.9 Å². The highest BCUT2D eigenvalue weighted by atomic mass is 16.1. The van der Waals surface area contributed by atoms with Crippen LogP contribution in [-0.2, 0) is 11.2 Å². The first-order chi connectivity index (χ1) is 12.0. The Bertz CT molecular complexity index is 537. The van der Waals surface area contributed by atoms with Gasteiger partial charge in [0.05, 0.1) is 19.6 Å². The zero-order valence-electron chi connectivity index (χ0n) is 16.9. The van der Waals surface area contributed by atoms with Gasteiger partial charge in [-0.1, -0.05) is 44.9 Å². The first-order valence-corrected chi connectivity index (χ1v) is 10.5. The maximum atomic E-state index is 13.5. The Balaban J connectivity index is 2.26. The summed E-state index contributed by atoms with van der Waals surface area (Å²) >= 11 is 0. The van der Waals surface area contributed by atoms with Gasteiger partial charge in [0.2, 0.25) is 0 Å². The summed E-state index contributed by atoms with van der Waals surface area (Å²) in [5.41, 5.74) is 3.80. The minimum absolute atomic E-state index is 0.204. The number of quaternary nitrogens is 1. The van der Waals surface area contributed by atoms with E-state index in [1.54, 1.807) is 0 Å². The van der Waals surface area contributed by atoms with E-state index >= 15 is 0 Å². The molecule has 1 aromatic carbocycles. The number of ketones is 1. The van der Waals surface area contributed by atoms with E-state index in [-0.39, 0.29) is 6.04 Å². The molecule has 1 aliphatic rings. The molecule has 2 heteroatoms. The number of nitrogens with zero attached hydrogens (tertiary/aromatic N) is 1. The molecule has 0 amide bonds. The van der Waals surface area contributed by atoms with Crippen molar-refractivity contribution < 1.29 is 9.28 Å². The molecule has 0 radical (unpaired) electrons. The van der Waals surface area contributed by atoms with Crippen LogP contribution in [0.1, 0.15) is 75.5 Å². The fourth-order valence-electron chi connectivity index (χ4n) is 4.74. The molecule has 1 fully saturated rings. The predicted octanol–water partition coefficient (Wildman–Crippen LogP) is 5.38. The minimum atomic E-state index is 0.204. The maximum absolute atomic E-state index is 13.5. The summed E-state index contributed by atoms with van der Waals surface area (Å²) in [7, 11) is 0. The first kappa shape index (κ1) is 20.2. The summed E-state index contributed by atoms with van der Waals surface area (Å²) in [6, 6.07) is 6.59. The lowest BCUT2D eigenvalue weighted by atomic mass is 9.90. The van der Waals surface area contributed by atoms with Crippen molar-refractivity contribution in [2.45, 2.75) is 85.1 Å². The number of piperidine rings is 1. The number of unbranched alkanes of at least 4 members (excludes halogenated alkanes) is 1. The number of likely N-dealkylation sites (tertiary alicyclic amines) is 1. The van der Waals surface area contributed by atoms with Gasteiger partial charge in [0.25, 0.3) is 0 Å². The average Bonchev–Trinajstić information content (AvgIpc) is 2.61. The van der Waals surface area contributed by atoms with Gasteiger partial charge in [-0.3, -0.25) is 4.79 Å². The molecule has 1 aliphatic heterocycles. The van der Waals surface area contributed by atoms with Crippen LogP contribution in [0.25, 0.3) is 0 Å². The van der Waals surface area contributed by atoms with Crippen molar-refractivity contribution in [1.29, 1.82) is 0 Å². The van der Waals surface area contributed by atoms with E-state index in [1.165, 1.54) is 68.4 Å². The van der Waals surface area contributed by atoms with E-state index < -0.39 is 0 Å². The van der Waals surface area contributed by atoms with E-state index in [0.29, 0.717) is 12.2 Å². The Morgan fingerprint density at radius 1 is 1.04 bits per heavy atom. The number of benzene rings is 1. The lowest BCUT2D eigenvalue weighted by Crippen LogP contribution is -2.61. The molecule has 0 N–H and O–H groups in total. The van der Waals surface area contributed by atoms with Crippen LogP contribution < -0.4 is 0 Å². The Morgan fingerprint density at radius 2 is 1.68 bits per heavy atom. The fraction of sp³-hybridized carbons (Fsp3) is 0.696. The van der Waals surface area contributed by atoms with Gasteiger partial charge in [0.15, 0.2) is 5.78 Å². The third-order valence-corrected chi connectivity index (χ3v) is 6.25. The van der Waals surface area contributed by atoms with E-state index in [0.717, 1.165) is 17.3 Å². The van der Waals surface area contributed by atoms with E-state index in [9.17, 15) is 4.79 Å². The van der Waals surface area contributed by atoms with Gasteiger partial charge in [-0.25, -0.2) is 0 Å². The van der Waals surface area contributed by atoms with Crippen LogP contribution >= 0.6 is 0 Å². The molecule has 0 spiro atoms. The molecule has 25 heavy (non-hydrogen) atoms. The zero-order valence-corrected chi connectivity index (χ0v) is 16.9. The molecule has 2 rings (SSSR count). The third-order valence-electron chi connectivity index (χ3n) is 6.25. The van der Waals surface area contributed by atoms with Gasteiger partial charge >= 0.3 is 0 Å². The number of hydrogen-bond donors (Lipinski definition) is 0. The average molecular weight is 345 g/mol. The van der Waals surface area contributed by atoms with Crippen molar-refractivity contribution in [3.63, 3.8) is 0 Å². The Morgan fingerprint density at radius 3 is 2.24 bits per heavy atom. The summed E-state index contributed by atoms with van der Waals surface area (Å²) in [4.78, 5) is 13.5. The molecule has 0 bridgehead atoms. The van der Waals surface area contributed by atoms with Crippen molar-refractivity contribution in [3.05, 3.63) is 34.9 Å². The van der Waals surface area contributed by atoms with Crippen LogP contribution in [0.4, 0.5) is 0 Å². The molecule has 0 aromatic heterocycles. The van der Waals surface area contributed by atoms with Gasteiger partial charge in [-0.15, -0.1) is 0 Å². The monoisotopic (exact) mass is 344 g/mol. The fourth-order valence-corrected chi connectivity index (χ4v) is 4.74. The molecule has 1 saturated heterocycles. The third kappa shape index (κ3) is 4.94. The summed E-state index contributed by atoms with van der Waals surface area (Å²) in [5, 5.41) is 0. The topological polar surface area (TPSA) is 17.1 Å². The van der Waals surface area contributed by atoms with Crippen LogP contribution in [0.3, 0.4) is 0 Å². The number of rotatable bonds is 9. The highest BCUT2D eigenvalue weighted by Crippen LogP contribution is 2.29. The Labute approximate surface area is 155 Å². The van der Waals surface area contributed by atoms with Crippen LogP contribution in [0, 0.1) is 13.8 Å². The SMILES string of the molecule is CCCC[N+]1([C@H](CCC)C(=O)Cc2c(C)cccc2C)CCCCC1. The summed E-state index contributed by atoms with van der Waals surface area (Å²) < 4.78 is 1.07. The number of carbonyl (C=O) groups is 1. The van der Waals surface area contributed by atoms with Crippen molar-refractivity contribution >= 4 is 5.78 Å². The molecular formula is C23H38NO+. The van der Waals surface area contributed by atoms with Gasteiger partial charge in [0, 0.05) is 12.8 Å². The molecule has 2 nitrogen and oxygen atoms in total. The van der Waals surface area contributed by atoms with Crippen molar-refractivity contribution in [2.24, 2.45) is 0 Å². The van der Waals surface area contributed by atoms with Crippen molar-refractivity contribution in [2.75, 3.05) is 19.6 Å². The summed E-state index contributed by atoms with van der Waals surface area (Å²) in [6.45, 7) is 12.4. The first-order valence-electron chi connectivity index (χ1n) is 10.5. The second-order valence-electron chi connectivity index (χ2n) is 8.12. The van der Waals surface area contributed by atoms with Crippen LogP contribution in [-0.4, -0.2) is 35.9 Å². The van der Waals surface area contributed by atoms with Gasteiger partial charge in [0.1, 0.15) is 6.04 Å². The lowest BCUT2D eigenvalue weighted by Gasteiger charge is -2.47. The molecule has 1 atom stereocenters. The zero-order chi connectivity index (χ0) is 18.3. The molecule has 0 unspecified atom stereocenters. The van der Waals surface area contributed by atoms with Crippen LogP contribution in [0.15, 0.2) is 18.2 Å². The minimum Gasteiger partial charge on any atom is -0.315 e. The molecule has 140 valence electrons. The Hall–Kier alpha value is -1.15. The predicted molar refractivity (Wildman–Crippen MR) is 107 cm³/mol. The molecule has 1 aromatic rings. The Kier molecular flexibility index (Phi) is 7.68. The summed E-state index contributed by atoms with van der Waals surface area (Å²) in [6.07, 6.45) is 9.18. The molecule has 0 saturated carbocycles. The number of aryl methyl sites for hydroxylation is 2. The summed E-state index contributed by atoms with van der Waals surface area (Å²) in [5.74, 6) is 0.484. The van der Waals surface area contributed by atoms with Gasteiger partial charge in [-0.2, -0.15) is 0 Å². The second-order valence-corrected chi connectivity index (χ2v) is 8.12. The largest absolute Gasteiger partial charge is 0.315 e. The van der Waals surface area contributed by atoms with Crippen molar-refractivity contribution in [1.82, 2.24) is 0 Å². The quantitative estimate of drug-likeness (QED) is 0.549. The van der Waals surface area contributed by atoms with E-state index in [4.69, 9.17) is 0 Å². The smallest absolute Gasteiger partial charge is 0.194 e. The highest BCUT2D eigenvalue weighted by molar-refractivity contribution is 5.85. The normalized spacial score (nSPS) is 18.1. The van der Waals surface area contributed by atoms with Crippen molar-refractivity contribution in [3.8, 4) is 0 Å². The lowest BCUT2D eigenvalue weighted by molar-refractivity contribution is -0.947.